The summed E-state index contributed by atoms with van der Waals surface area (Å²) in [5.74, 6) is -2.01. The molecule has 4 N–H and O–H groups in total. The van der Waals surface area contributed by atoms with Crippen LogP contribution in [-0.4, -0.2) is 28.9 Å². The lowest BCUT2D eigenvalue weighted by Crippen LogP contribution is -2.41. The minimum absolute atomic E-state index is 0.000478. The van der Waals surface area contributed by atoms with Crippen molar-refractivity contribution in [1.29, 1.82) is 0 Å². The first-order valence-corrected chi connectivity index (χ1v) is 7.76. The van der Waals surface area contributed by atoms with Crippen LogP contribution < -0.4 is 11.1 Å². The van der Waals surface area contributed by atoms with E-state index < -0.39 is 23.8 Å². The summed E-state index contributed by atoms with van der Waals surface area (Å²) in [6.45, 7) is 3.92. The van der Waals surface area contributed by atoms with Crippen LogP contribution in [0.2, 0.25) is 0 Å². The van der Waals surface area contributed by atoms with E-state index >= 15 is 0 Å². The van der Waals surface area contributed by atoms with Gasteiger partial charge in [-0.2, -0.15) is 0 Å². The molecule has 2 rings (SSSR count). The summed E-state index contributed by atoms with van der Waals surface area (Å²) >= 11 is 0. The SMILES string of the molecule is Cc1cc(C)cc(-c2ccc(C(=O)N[C@@H](CCC(N)=O)C(=O)O)o2)c1. The molecule has 0 saturated heterocycles. The summed E-state index contributed by atoms with van der Waals surface area (Å²) in [5.41, 5.74) is 7.97. The van der Waals surface area contributed by atoms with Crippen molar-refractivity contribution in [3.05, 3.63) is 47.2 Å². The molecule has 7 nitrogen and oxygen atoms in total. The summed E-state index contributed by atoms with van der Waals surface area (Å²) in [6.07, 6.45) is -0.218. The van der Waals surface area contributed by atoms with Gasteiger partial charge in [0, 0.05) is 12.0 Å². The van der Waals surface area contributed by atoms with E-state index in [0.717, 1.165) is 16.7 Å². The Bertz CT molecular complexity index is 789. The number of furan rings is 1. The van der Waals surface area contributed by atoms with Crippen LogP contribution >= 0.6 is 0 Å². The molecule has 1 aromatic carbocycles. The summed E-state index contributed by atoms with van der Waals surface area (Å²) in [7, 11) is 0. The molecule has 0 saturated carbocycles. The van der Waals surface area contributed by atoms with E-state index in [9.17, 15) is 14.4 Å². The highest BCUT2D eigenvalue weighted by Gasteiger charge is 2.23. The van der Waals surface area contributed by atoms with Gasteiger partial charge in [0.15, 0.2) is 5.76 Å². The highest BCUT2D eigenvalue weighted by Crippen LogP contribution is 2.24. The number of amides is 2. The molecule has 25 heavy (non-hydrogen) atoms. The first-order valence-electron chi connectivity index (χ1n) is 7.76. The third-order valence-corrected chi connectivity index (χ3v) is 3.62. The van der Waals surface area contributed by atoms with E-state index in [0.29, 0.717) is 5.76 Å². The zero-order chi connectivity index (χ0) is 18.6. The summed E-state index contributed by atoms with van der Waals surface area (Å²) in [4.78, 5) is 34.2. The maximum absolute atomic E-state index is 12.2. The Morgan fingerprint density at radius 1 is 1.16 bits per heavy atom. The Kier molecular flexibility index (Phi) is 5.59. The Morgan fingerprint density at radius 3 is 2.36 bits per heavy atom. The largest absolute Gasteiger partial charge is 0.480 e. The third-order valence-electron chi connectivity index (χ3n) is 3.62. The third kappa shape index (κ3) is 4.94. The number of carboxylic acid groups (broad SMARTS) is 1. The van der Waals surface area contributed by atoms with Gasteiger partial charge in [0.2, 0.25) is 5.91 Å². The van der Waals surface area contributed by atoms with Gasteiger partial charge in [-0.3, -0.25) is 9.59 Å². The lowest BCUT2D eigenvalue weighted by molar-refractivity contribution is -0.139. The second-order valence-corrected chi connectivity index (χ2v) is 5.91. The van der Waals surface area contributed by atoms with E-state index in [1.807, 2.05) is 32.0 Å². The molecule has 2 amide bonds. The zero-order valence-electron chi connectivity index (χ0n) is 14.0. The number of aryl methyl sites for hydroxylation is 2. The van der Waals surface area contributed by atoms with Gasteiger partial charge in [0.05, 0.1) is 0 Å². The molecule has 0 fully saturated rings. The predicted molar refractivity (Wildman–Crippen MR) is 90.9 cm³/mol. The van der Waals surface area contributed by atoms with Crippen LogP contribution in [-0.2, 0) is 9.59 Å². The van der Waals surface area contributed by atoms with E-state index in [1.54, 1.807) is 6.07 Å². The zero-order valence-corrected chi connectivity index (χ0v) is 14.0. The Labute approximate surface area is 144 Å². The molecule has 2 aromatic rings. The molecule has 0 spiro atoms. The van der Waals surface area contributed by atoms with Crippen molar-refractivity contribution in [2.24, 2.45) is 5.73 Å². The summed E-state index contributed by atoms with van der Waals surface area (Å²) < 4.78 is 5.55. The monoisotopic (exact) mass is 344 g/mol. The predicted octanol–water partition coefficient (Wildman–Crippen LogP) is 2.01. The van der Waals surface area contributed by atoms with Crippen LogP contribution in [0.4, 0.5) is 0 Å². The van der Waals surface area contributed by atoms with Crippen molar-refractivity contribution < 1.29 is 23.9 Å². The average Bonchev–Trinajstić information content (AvgIpc) is 2.99. The molecule has 0 bridgehead atoms. The average molecular weight is 344 g/mol. The maximum Gasteiger partial charge on any atom is 0.326 e. The summed E-state index contributed by atoms with van der Waals surface area (Å²) in [5, 5.41) is 11.5. The first-order chi connectivity index (χ1) is 11.8. The lowest BCUT2D eigenvalue weighted by atomic mass is 10.1. The number of nitrogens with two attached hydrogens (primary N) is 1. The maximum atomic E-state index is 12.2. The van der Waals surface area contributed by atoms with Crippen molar-refractivity contribution >= 4 is 17.8 Å². The van der Waals surface area contributed by atoms with Gasteiger partial charge >= 0.3 is 5.97 Å². The van der Waals surface area contributed by atoms with Gasteiger partial charge in [-0.1, -0.05) is 17.2 Å². The van der Waals surface area contributed by atoms with Crippen molar-refractivity contribution in [2.75, 3.05) is 0 Å². The molecule has 0 unspecified atom stereocenters. The standard InChI is InChI=1S/C18H20N2O5/c1-10-7-11(2)9-12(8-10)14-4-5-15(25-14)17(22)20-13(18(23)24)3-6-16(19)21/h4-5,7-9,13H,3,6H2,1-2H3,(H2,19,21)(H,20,22)(H,23,24)/t13-/m0/s1. The number of nitrogens with one attached hydrogen (secondary N) is 1. The van der Waals surface area contributed by atoms with Crippen LogP contribution in [0.5, 0.6) is 0 Å². The Balaban J connectivity index is 2.13. The van der Waals surface area contributed by atoms with Crippen molar-refractivity contribution in [3.8, 4) is 11.3 Å². The molecule has 1 heterocycles. The number of aliphatic carboxylic acids is 1. The fourth-order valence-electron chi connectivity index (χ4n) is 2.51. The number of primary amides is 1. The number of hydrogen-bond acceptors (Lipinski definition) is 4. The van der Waals surface area contributed by atoms with Crippen LogP contribution in [0.3, 0.4) is 0 Å². The van der Waals surface area contributed by atoms with Crippen molar-refractivity contribution in [2.45, 2.75) is 32.7 Å². The smallest absolute Gasteiger partial charge is 0.326 e. The van der Waals surface area contributed by atoms with Crippen molar-refractivity contribution in [3.63, 3.8) is 0 Å². The molecule has 1 atom stereocenters. The highest BCUT2D eigenvalue weighted by molar-refractivity contribution is 5.94. The lowest BCUT2D eigenvalue weighted by Gasteiger charge is -2.12. The van der Waals surface area contributed by atoms with Gasteiger partial charge < -0.3 is 20.6 Å². The molecule has 132 valence electrons. The molecule has 7 heteroatoms. The van der Waals surface area contributed by atoms with Crippen LogP contribution in [0.15, 0.2) is 34.7 Å². The molecule has 0 aliphatic rings. The van der Waals surface area contributed by atoms with Crippen LogP contribution in [0.25, 0.3) is 11.3 Å². The number of benzene rings is 1. The molecule has 0 aliphatic carbocycles. The number of carboxylic acids is 1. The first kappa shape index (κ1) is 18.3. The van der Waals surface area contributed by atoms with Crippen molar-refractivity contribution in [1.82, 2.24) is 5.32 Å². The molecule has 0 radical (unpaired) electrons. The number of carbonyl (C=O) groups excluding carboxylic acids is 2. The minimum Gasteiger partial charge on any atom is -0.480 e. The van der Waals surface area contributed by atoms with E-state index in [4.69, 9.17) is 15.3 Å². The Hall–Kier alpha value is -3.09. The molecular weight excluding hydrogens is 324 g/mol. The molecule has 0 aliphatic heterocycles. The second-order valence-electron chi connectivity index (χ2n) is 5.91. The van der Waals surface area contributed by atoms with Gasteiger partial charge in [-0.05, 0) is 44.5 Å². The molecular formula is C18H20N2O5. The normalized spacial score (nSPS) is 11.8. The van der Waals surface area contributed by atoms with Crippen LogP contribution in [0, 0.1) is 13.8 Å². The minimum atomic E-state index is -1.24. The fourth-order valence-corrected chi connectivity index (χ4v) is 2.51. The van der Waals surface area contributed by atoms with E-state index in [-0.39, 0.29) is 18.6 Å². The quantitative estimate of drug-likeness (QED) is 0.709. The number of hydrogen-bond donors (Lipinski definition) is 3. The van der Waals surface area contributed by atoms with Gasteiger partial charge in [0.25, 0.3) is 5.91 Å². The van der Waals surface area contributed by atoms with E-state index in [1.165, 1.54) is 6.07 Å². The summed E-state index contributed by atoms with van der Waals surface area (Å²) in [6, 6.07) is 7.81. The second kappa shape index (κ2) is 7.65. The van der Waals surface area contributed by atoms with E-state index in [2.05, 4.69) is 5.32 Å². The number of rotatable bonds is 7. The topological polar surface area (TPSA) is 123 Å². The molecule has 1 aromatic heterocycles. The number of carbonyl (C=O) groups is 3. The van der Waals surface area contributed by atoms with Gasteiger partial charge in [0.1, 0.15) is 11.8 Å². The van der Waals surface area contributed by atoms with Gasteiger partial charge in [-0.25, -0.2) is 4.79 Å². The highest BCUT2D eigenvalue weighted by atomic mass is 16.4. The van der Waals surface area contributed by atoms with Crippen LogP contribution in [0.1, 0.15) is 34.5 Å². The fraction of sp³-hybridized carbons (Fsp3) is 0.278. The Morgan fingerprint density at radius 2 is 1.80 bits per heavy atom. The van der Waals surface area contributed by atoms with Gasteiger partial charge in [-0.15, -0.1) is 0 Å².